The molecule has 14 heavy (non-hydrogen) atoms. The maximum atomic E-state index is 5.14. The summed E-state index contributed by atoms with van der Waals surface area (Å²) in [5.74, 6) is 1.47. The Morgan fingerprint density at radius 1 is 1.36 bits per heavy atom. The lowest BCUT2D eigenvalue weighted by Gasteiger charge is -2.13. The minimum Gasteiger partial charge on any atom is -0.339 e. The highest BCUT2D eigenvalue weighted by Crippen LogP contribution is 2.18. The maximum absolute atomic E-state index is 5.14. The maximum Gasteiger partial charge on any atom is 0.227 e. The Bertz CT molecular complexity index is 275. The molecule has 1 N–H and O–H groups in total. The van der Waals surface area contributed by atoms with Crippen molar-refractivity contribution in [1.29, 1.82) is 0 Å². The molecule has 0 saturated carbocycles. The van der Waals surface area contributed by atoms with Gasteiger partial charge in [0, 0.05) is 6.42 Å². The molecule has 0 unspecified atom stereocenters. The molecule has 4 nitrogen and oxygen atoms in total. The molecular formula is C10H19N3O. The molecule has 0 aliphatic heterocycles. The van der Waals surface area contributed by atoms with Gasteiger partial charge in [-0.15, -0.1) is 0 Å². The van der Waals surface area contributed by atoms with Crippen LogP contribution in [-0.2, 0) is 13.0 Å². The van der Waals surface area contributed by atoms with Gasteiger partial charge in [-0.3, -0.25) is 0 Å². The van der Waals surface area contributed by atoms with Gasteiger partial charge in [-0.2, -0.15) is 4.98 Å². The van der Waals surface area contributed by atoms with Crippen molar-refractivity contribution >= 4 is 0 Å². The van der Waals surface area contributed by atoms with Crippen molar-refractivity contribution in [2.75, 3.05) is 6.54 Å². The van der Waals surface area contributed by atoms with Crippen LogP contribution in [0.15, 0.2) is 4.52 Å². The topological polar surface area (TPSA) is 51.0 Å². The minimum atomic E-state index is 0.196. The van der Waals surface area contributed by atoms with E-state index in [1.807, 2.05) is 0 Å². The third-order valence-corrected chi connectivity index (χ3v) is 1.72. The monoisotopic (exact) mass is 197 g/mol. The van der Waals surface area contributed by atoms with Gasteiger partial charge in [0.2, 0.25) is 5.89 Å². The molecule has 1 aromatic rings. The van der Waals surface area contributed by atoms with E-state index in [2.05, 4.69) is 43.2 Å². The number of aromatic nitrogens is 2. The number of nitrogens with one attached hydrogen (secondary N) is 1. The predicted molar refractivity (Wildman–Crippen MR) is 54.8 cm³/mol. The molecule has 1 aromatic heterocycles. The summed E-state index contributed by atoms with van der Waals surface area (Å²) >= 11 is 0. The van der Waals surface area contributed by atoms with Gasteiger partial charge in [0.15, 0.2) is 5.82 Å². The Labute approximate surface area is 85.1 Å². The van der Waals surface area contributed by atoms with Crippen LogP contribution < -0.4 is 5.32 Å². The second-order valence-electron chi connectivity index (χ2n) is 4.62. The van der Waals surface area contributed by atoms with Gasteiger partial charge in [0.05, 0.1) is 6.54 Å². The fourth-order valence-electron chi connectivity index (χ4n) is 1.12. The molecule has 0 aliphatic carbocycles. The lowest BCUT2D eigenvalue weighted by atomic mass is 9.92. The lowest BCUT2D eigenvalue weighted by molar-refractivity contribution is 0.312. The highest BCUT2D eigenvalue weighted by Gasteiger charge is 2.16. The van der Waals surface area contributed by atoms with Gasteiger partial charge < -0.3 is 9.84 Å². The van der Waals surface area contributed by atoms with E-state index in [4.69, 9.17) is 4.52 Å². The van der Waals surface area contributed by atoms with E-state index in [0.29, 0.717) is 6.54 Å². The standard InChI is InChI=1S/C10H19N3O/c1-5-11-7-8-12-9(14-13-8)6-10(2,3)4/h11H,5-7H2,1-4H3. The molecule has 0 fully saturated rings. The molecule has 0 saturated heterocycles. The summed E-state index contributed by atoms with van der Waals surface area (Å²) in [4.78, 5) is 4.29. The molecule has 80 valence electrons. The van der Waals surface area contributed by atoms with Crippen LogP contribution in [-0.4, -0.2) is 16.7 Å². The van der Waals surface area contributed by atoms with Crippen molar-refractivity contribution in [3.8, 4) is 0 Å². The molecule has 0 spiro atoms. The third-order valence-electron chi connectivity index (χ3n) is 1.72. The quantitative estimate of drug-likeness (QED) is 0.799. The van der Waals surface area contributed by atoms with E-state index >= 15 is 0 Å². The van der Waals surface area contributed by atoms with Gasteiger partial charge in [0.1, 0.15) is 0 Å². The summed E-state index contributed by atoms with van der Waals surface area (Å²) in [5, 5.41) is 7.04. The van der Waals surface area contributed by atoms with Gasteiger partial charge in [-0.05, 0) is 12.0 Å². The zero-order valence-corrected chi connectivity index (χ0v) is 9.42. The molecule has 0 radical (unpaired) electrons. The van der Waals surface area contributed by atoms with Crippen LogP contribution in [0.5, 0.6) is 0 Å². The third kappa shape index (κ3) is 3.87. The van der Waals surface area contributed by atoms with Crippen LogP contribution in [0.4, 0.5) is 0 Å². The molecule has 0 bridgehead atoms. The van der Waals surface area contributed by atoms with Crippen molar-refractivity contribution in [2.24, 2.45) is 5.41 Å². The van der Waals surface area contributed by atoms with Crippen LogP contribution >= 0.6 is 0 Å². The Hall–Kier alpha value is -0.900. The predicted octanol–water partition coefficient (Wildman–Crippen LogP) is 1.77. The Balaban J connectivity index is 2.51. The number of hydrogen-bond acceptors (Lipinski definition) is 4. The second-order valence-corrected chi connectivity index (χ2v) is 4.62. The average Bonchev–Trinajstić information content (AvgIpc) is 2.46. The molecule has 4 heteroatoms. The molecule has 0 aromatic carbocycles. The van der Waals surface area contributed by atoms with Crippen LogP contribution in [0.2, 0.25) is 0 Å². The summed E-state index contributed by atoms with van der Waals surface area (Å²) in [5.41, 5.74) is 0.196. The fourth-order valence-corrected chi connectivity index (χ4v) is 1.12. The molecule has 0 aliphatic rings. The molecular weight excluding hydrogens is 178 g/mol. The molecule has 1 heterocycles. The summed E-state index contributed by atoms with van der Waals surface area (Å²) < 4.78 is 5.14. The Morgan fingerprint density at radius 2 is 2.07 bits per heavy atom. The fraction of sp³-hybridized carbons (Fsp3) is 0.800. The molecule has 0 atom stereocenters. The highest BCUT2D eigenvalue weighted by atomic mass is 16.5. The van der Waals surface area contributed by atoms with Gasteiger partial charge in [-0.25, -0.2) is 0 Å². The minimum absolute atomic E-state index is 0.196. The van der Waals surface area contributed by atoms with Crippen LogP contribution in [0, 0.1) is 5.41 Å². The van der Waals surface area contributed by atoms with Crippen molar-refractivity contribution in [3.63, 3.8) is 0 Å². The van der Waals surface area contributed by atoms with E-state index in [0.717, 1.165) is 24.7 Å². The highest BCUT2D eigenvalue weighted by molar-refractivity contribution is 4.88. The normalized spacial score (nSPS) is 12.0. The molecule has 1 rings (SSSR count). The van der Waals surface area contributed by atoms with E-state index in [-0.39, 0.29) is 5.41 Å². The SMILES string of the molecule is CCNCc1noc(CC(C)(C)C)n1. The number of nitrogens with zero attached hydrogens (tertiary/aromatic N) is 2. The first-order chi connectivity index (χ1) is 6.51. The van der Waals surface area contributed by atoms with Crippen LogP contribution in [0.1, 0.15) is 39.4 Å². The largest absolute Gasteiger partial charge is 0.339 e. The zero-order chi connectivity index (χ0) is 10.6. The van der Waals surface area contributed by atoms with Crippen LogP contribution in [0.3, 0.4) is 0 Å². The van der Waals surface area contributed by atoms with E-state index in [9.17, 15) is 0 Å². The molecule has 0 amide bonds. The first-order valence-electron chi connectivity index (χ1n) is 5.03. The number of rotatable bonds is 4. The Morgan fingerprint density at radius 3 is 2.64 bits per heavy atom. The summed E-state index contributed by atoms with van der Waals surface area (Å²) in [7, 11) is 0. The summed E-state index contributed by atoms with van der Waals surface area (Å²) in [6, 6.07) is 0. The van der Waals surface area contributed by atoms with Crippen molar-refractivity contribution in [3.05, 3.63) is 11.7 Å². The first-order valence-corrected chi connectivity index (χ1v) is 5.03. The number of hydrogen-bond donors (Lipinski definition) is 1. The van der Waals surface area contributed by atoms with E-state index < -0.39 is 0 Å². The summed E-state index contributed by atoms with van der Waals surface area (Å²) in [6.07, 6.45) is 0.826. The van der Waals surface area contributed by atoms with Gasteiger partial charge in [0.25, 0.3) is 0 Å². The zero-order valence-electron chi connectivity index (χ0n) is 9.42. The summed E-state index contributed by atoms with van der Waals surface area (Å²) in [6.45, 7) is 10.1. The first kappa shape index (κ1) is 11.2. The second kappa shape index (κ2) is 4.55. The van der Waals surface area contributed by atoms with Gasteiger partial charge in [-0.1, -0.05) is 32.9 Å². The lowest BCUT2D eigenvalue weighted by Crippen LogP contribution is -2.13. The van der Waals surface area contributed by atoms with Crippen LogP contribution in [0.25, 0.3) is 0 Å². The van der Waals surface area contributed by atoms with Crippen molar-refractivity contribution in [2.45, 2.75) is 40.7 Å². The smallest absolute Gasteiger partial charge is 0.227 e. The van der Waals surface area contributed by atoms with Crippen molar-refractivity contribution < 1.29 is 4.52 Å². The van der Waals surface area contributed by atoms with E-state index in [1.54, 1.807) is 0 Å². The Kier molecular flexibility index (Phi) is 3.63. The average molecular weight is 197 g/mol. The van der Waals surface area contributed by atoms with Gasteiger partial charge >= 0.3 is 0 Å². The van der Waals surface area contributed by atoms with E-state index in [1.165, 1.54) is 0 Å². The van der Waals surface area contributed by atoms with Crippen molar-refractivity contribution in [1.82, 2.24) is 15.5 Å².